The molecule has 0 amide bonds. The van der Waals surface area contributed by atoms with Crippen molar-refractivity contribution in [2.75, 3.05) is 11.5 Å². The third-order valence-electron chi connectivity index (χ3n) is 6.95. The average molecular weight is 395 g/mol. The maximum Gasteiger partial charge on any atom is 0.0726 e. The van der Waals surface area contributed by atoms with E-state index in [0.717, 1.165) is 70.0 Å². The van der Waals surface area contributed by atoms with E-state index in [1.165, 1.54) is 48.2 Å². The van der Waals surface area contributed by atoms with Gasteiger partial charge in [-0.25, -0.2) is 0 Å². The van der Waals surface area contributed by atoms with Crippen LogP contribution in [-0.4, -0.2) is 9.97 Å². The lowest BCUT2D eigenvalue weighted by molar-refractivity contribution is 0.673. The maximum atomic E-state index is 6.61. The van der Waals surface area contributed by atoms with Crippen LogP contribution in [0.25, 0.3) is 32.9 Å². The third-order valence-corrected chi connectivity index (χ3v) is 6.95. The van der Waals surface area contributed by atoms with E-state index in [0.29, 0.717) is 0 Å². The zero-order valence-electron chi connectivity index (χ0n) is 17.2. The van der Waals surface area contributed by atoms with E-state index in [1.807, 2.05) is 0 Å². The first-order chi connectivity index (χ1) is 14.7. The van der Waals surface area contributed by atoms with Gasteiger partial charge in [-0.2, -0.15) is 0 Å². The summed E-state index contributed by atoms with van der Waals surface area (Å²) in [5.41, 5.74) is 24.2. The minimum Gasteiger partial charge on any atom is -0.398 e. The summed E-state index contributed by atoms with van der Waals surface area (Å²) in [5, 5.41) is 2.12. The van der Waals surface area contributed by atoms with E-state index in [4.69, 9.17) is 21.4 Å². The number of anilines is 2. The minimum absolute atomic E-state index is 0.910. The second-order valence-corrected chi connectivity index (χ2v) is 8.78. The van der Waals surface area contributed by atoms with Crippen molar-refractivity contribution in [2.45, 2.75) is 51.4 Å². The second-order valence-electron chi connectivity index (χ2n) is 8.78. The van der Waals surface area contributed by atoms with Gasteiger partial charge in [-0.15, -0.1) is 0 Å². The summed E-state index contributed by atoms with van der Waals surface area (Å²) >= 11 is 0. The van der Waals surface area contributed by atoms with Gasteiger partial charge in [0, 0.05) is 33.5 Å². The molecule has 4 heteroatoms. The van der Waals surface area contributed by atoms with Crippen LogP contribution in [0.2, 0.25) is 0 Å². The highest BCUT2D eigenvalue weighted by atomic mass is 14.7. The van der Waals surface area contributed by atoms with E-state index in [2.05, 4.69) is 36.4 Å². The molecule has 2 heterocycles. The SMILES string of the molecule is Nc1c2c(nc3ccc(-c4ccc5nc6c(c(N)c5c4)CCCC6)cc13)CCCC2. The van der Waals surface area contributed by atoms with E-state index < -0.39 is 0 Å². The molecule has 2 aromatic carbocycles. The highest BCUT2D eigenvalue weighted by molar-refractivity contribution is 5.98. The topological polar surface area (TPSA) is 77.8 Å². The van der Waals surface area contributed by atoms with Crippen LogP contribution in [0.3, 0.4) is 0 Å². The van der Waals surface area contributed by atoms with Gasteiger partial charge in [-0.3, -0.25) is 9.97 Å². The number of aromatic nitrogens is 2. The molecule has 2 aliphatic rings. The van der Waals surface area contributed by atoms with Crippen LogP contribution in [0.4, 0.5) is 11.4 Å². The number of nitrogens with two attached hydrogens (primary N) is 2. The fourth-order valence-corrected chi connectivity index (χ4v) is 5.28. The molecule has 0 spiro atoms. The number of pyridine rings is 2. The fraction of sp³-hybridized carbons (Fsp3) is 0.308. The van der Waals surface area contributed by atoms with Crippen molar-refractivity contribution in [3.8, 4) is 11.1 Å². The highest BCUT2D eigenvalue weighted by Gasteiger charge is 2.18. The number of benzene rings is 2. The number of nitrogen functional groups attached to an aromatic ring is 2. The molecule has 30 heavy (non-hydrogen) atoms. The first-order valence-electron chi connectivity index (χ1n) is 11.1. The van der Waals surface area contributed by atoms with E-state index in [1.54, 1.807) is 0 Å². The van der Waals surface area contributed by atoms with Gasteiger partial charge in [0.15, 0.2) is 0 Å². The molecule has 2 aromatic heterocycles. The van der Waals surface area contributed by atoms with E-state index in [9.17, 15) is 0 Å². The predicted octanol–water partition coefficient (Wildman–Crippen LogP) is 5.37. The monoisotopic (exact) mass is 394 g/mol. The van der Waals surface area contributed by atoms with Crippen LogP contribution in [-0.2, 0) is 25.7 Å². The number of hydrogen-bond acceptors (Lipinski definition) is 4. The maximum absolute atomic E-state index is 6.61. The Hall–Kier alpha value is -3.14. The zero-order chi connectivity index (χ0) is 20.2. The Morgan fingerprint density at radius 2 is 1.00 bits per heavy atom. The highest BCUT2D eigenvalue weighted by Crippen LogP contribution is 2.36. The van der Waals surface area contributed by atoms with Gasteiger partial charge in [0.05, 0.1) is 11.0 Å². The quantitative estimate of drug-likeness (QED) is 0.455. The van der Waals surface area contributed by atoms with Crippen LogP contribution < -0.4 is 11.5 Å². The molecule has 4 N–H and O–H groups in total. The lowest BCUT2D eigenvalue weighted by Crippen LogP contribution is -2.09. The summed E-state index contributed by atoms with van der Waals surface area (Å²) in [6.07, 6.45) is 8.97. The molecular weight excluding hydrogens is 368 g/mol. The molecule has 0 fully saturated rings. The van der Waals surface area contributed by atoms with Crippen molar-refractivity contribution in [1.29, 1.82) is 0 Å². The van der Waals surface area contributed by atoms with Crippen molar-refractivity contribution in [1.82, 2.24) is 9.97 Å². The van der Waals surface area contributed by atoms with E-state index in [-0.39, 0.29) is 0 Å². The first-order valence-corrected chi connectivity index (χ1v) is 11.1. The Morgan fingerprint density at radius 1 is 0.567 bits per heavy atom. The number of hydrogen-bond donors (Lipinski definition) is 2. The number of aryl methyl sites for hydroxylation is 2. The molecule has 0 unspecified atom stereocenters. The van der Waals surface area contributed by atoms with Crippen molar-refractivity contribution in [3.63, 3.8) is 0 Å². The Bertz CT molecular complexity index is 1220. The lowest BCUT2D eigenvalue weighted by Gasteiger charge is -2.19. The Kier molecular flexibility index (Phi) is 3.95. The molecule has 0 aliphatic heterocycles. The van der Waals surface area contributed by atoms with Gasteiger partial charge < -0.3 is 11.5 Å². The van der Waals surface area contributed by atoms with Crippen LogP contribution >= 0.6 is 0 Å². The lowest BCUT2D eigenvalue weighted by atomic mass is 9.91. The summed E-state index contributed by atoms with van der Waals surface area (Å²) in [4.78, 5) is 9.83. The molecule has 6 rings (SSSR count). The molecule has 150 valence electrons. The van der Waals surface area contributed by atoms with Crippen molar-refractivity contribution in [3.05, 3.63) is 58.9 Å². The molecule has 4 nitrogen and oxygen atoms in total. The average Bonchev–Trinajstić information content (AvgIpc) is 2.79. The molecule has 0 atom stereocenters. The summed E-state index contributed by atoms with van der Waals surface area (Å²) in [6, 6.07) is 12.9. The number of nitrogens with zero attached hydrogens (tertiary/aromatic N) is 2. The van der Waals surface area contributed by atoms with Crippen LogP contribution in [0, 0.1) is 0 Å². The van der Waals surface area contributed by atoms with Gasteiger partial charge >= 0.3 is 0 Å². The zero-order valence-corrected chi connectivity index (χ0v) is 17.2. The molecule has 4 aromatic rings. The predicted molar refractivity (Wildman–Crippen MR) is 125 cm³/mol. The Morgan fingerprint density at radius 3 is 1.47 bits per heavy atom. The van der Waals surface area contributed by atoms with E-state index >= 15 is 0 Å². The van der Waals surface area contributed by atoms with Gasteiger partial charge in [0.25, 0.3) is 0 Å². The molecule has 2 aliphatic carbocycles. The van der Waals surface area contributed by atoms with Crippen LogP contribution in [0.5, 0.6) is 0 Å². The smallest absolute Gasteiger partial charge is 0.0726 e. The summed E-state index contributed by atoms with van der Waals surface area (Å²) in [7, 11) is 0. The summed E-state index contributed by atoms with van der Waals surface area (Å²) in [6.45, 7) is 0. The standard InChI is InChI=1S/C26H26N4/c27-25-17-5-1-3-7-21(17)29-23-11-9-15(13-19(23)25)16-10-12-24-20(14-16)26(28)18-6-2-4-8-22(18)30-24/h9-14H,1-8H2,(H2,27,29)(H2,28,30). The number of rotatable bonds is 1. The van der Waals surface area contributed by atoms with Crippen molar-refractivity contribution < 1.29 is 0 Å². The van der Waals surface area contributed by atoms with Gasteiger partial charge in [0.2, 0.25) is 0 Å². The Labute approximate surface area is 176 Å². The van der Waals surface area contributed by atoms with Gasteiger partial charge in [-0.1, -0.05) is 12.1 Å². The molecule has 0 radical (unpaired) electrons. The molecule has 0 bridgehead atoms. The van der Waals surface area contributed by atoms with Gasteiger partial charge in [-0.05, 0) is 97.9 Å². The summed E-state index contributed by atoms with van der Waals surface area (Å²) < 4.78 is 0. The second kappa shape index (κ2) is 6.69. The third kappa shape index (κ3) is 2.67. The van der Waals surface area contributed by atoms with Crippen LogP contribution in [0.1, 0.15) is 48.2 Å². The van der Waals surface area contributed by atoms with Gasteiger partial charge in [0.1, 0.15) is 0 Å². The molecule has 0 saturated heterocycles. The fourth-order valence-electron chi connectivity index (χ4n) is 5.28. The molecular formula is C26H26N4. The first kappa shape index (κ1) is 17.7. The van der Waals surface area contributed by atoms with Crippen molar-refractivity contribution in [2.24, 2.45) is 0 Å². The Balaban J connectivity index is 1.51. The van der Waals surface area contributed by atoms with Crippen LogP contribution in [0.15, 0.2) is 36.4 Å². The number of fused-ring (bicyclic) bond motifs is 4. The molecule has 0 saturated carbocycles. The largest absolute Gasteiger partial charge is 0.398 e. The normalized spacial score (nSPS) is 15.9. The minimum atomic E-state index is 0.910. The van der Waals surface area contributed by atoms with Crippen molar-refractivity contribution >= 4 is 33.2 Å². The summed E-state index contributed by atoms with van der Waals surface area (Å²) in [5.74, 6) is 0.